The van der Waals surface area contributed by atoms with Crippen molar-refractivity contribution in [3.05, 3.63) is 140 Å². The lowest BCUT2D eigenvalue weighted by Crippen LogP contribution is -1.95. The molecule has 11 heteroatoms. The van der Waals surface area contributed by atoms with E-state index >= 15 is 0 Å². The molecule has 0 radical (unpaired) electrons. The number of nitrogens with zero attached hydrogens (tertiary/aromatic N) is 5. The second kappa shape index (κ2) is 14.2. The van der Waals surface area contributed by atoms with Gasteiger partial charge in [-0.3, -0.25) is 25.2 Å². The quantitative estimate of drug-likeness (QED) is 0.132. The first-order valence-corrected chi connectivity index (χ1v) is 12.7. The highest BCUT2D eigenvalue weighted by Gasteiger charge is 2.16. The van der Waals surface area contributed by atoms with Crippen LogP contribution in [0.2, 0.25) is 5.15 Å². The zero-order valence-corrected chi connectivity index (χ0v) is 23.3. The number of aromatic nitrogens is 3. The molecule has 0 saturated carbocycles. The lowest BCUT2D eigenvalue weighted by atomic mass is 10.1. The van der Waals surface area contributed by atoms with Gasteiger partial charge in [0.25, 0.3) is 5.69 Å². The van der Waals surface area contributed by atoms with Crippen molar-refractivity contribution in [2.24, 2.45) is 0 Å². The third kappa shape index (κ3) is 8.64. The Balaban J connectivity index is 0.000000172. The van der Waals surface area contributed by atoms with Gasteiger partial charge in [-0.05, 0) is 45.0 Å². The fraction of sp³-hybridized carbons (Fsp3) is 0.100. The van der Waals surface area contributed by atoms with E-state index in [9.17, 15) is 20.2 Å². The van der Waals surface area contributed by atoms with Crippen LogP contribution < -0.4 is 5.73 Å². The molecule has 0 aliphatic heterocycles. The Labute approximate surface area is 241 Å². The van der Waals surface area contributed by atoms with Gasteiger partial charge in [0.05, 0.1) is 21.2 Å². The minimum absolute atomic E-state index is 0.0387. The van der Waals surface area contributed by atoms with Gasteiger partial charge in [-0.1, -0.05) is 72.3 Å². The maximum Gasteiger partial charge on any atom is 0.306 e. The van der Waals surface area contributed by atoms with E-state index in [-0.39, 0.29) is 16.5 Å². The van der Waals surface area contributed by atoms with Gasteiger partial charge in [-0.15, -0.1) is 0 Å². The van der Waals surface area contributed by atoms with Crippen molar-refractivity contribution in [3.8, 4) is 22.5 Å². The highest BCUT2D eigenvalue weighted by atomic mass is 35.5. The van der Waals surface area contributed by atoms with Crippen molar-refractivity contribution >= 4 is 28.7 Å². The summed E-state index contributed by atoms with van der Waals surface area (Å²) in [5.41, 5.74) is 12.0. The second-order valence-electron chi connectivity index (χ2n) is 8.72. The van der Waals surface area contributed by atoms with Gasteiger partial charge in [0, 0.05) is 40.3 Å². The molecule has 0 aliphatic rings. The maximum absolute atomic E-state index is 10.9. The molecule has 208 valence electrons. The molecular formula is C30H27ClN6O4. The number of aryl methyl sites for hydroxylation is 3. The number of hydrogen-bond donors (Lipinski definition) is 1. The van der Waals surface area contributed by atoms with E-state index in [0.29, 0.717) is 11.4 Å². The summed E-state index contributed by atoms with van der Waals surface area (Å²) in [5, 5.41) is 21.0. The molecule has 0 aliphatic carbocycles. The predicted octanol–water partition coefficient (Wildman–Crippen LogP) is 7.56. The summed E-state index contributed by atoms with van der Waals surface area (Å²) < 4.78 is 0. The molecule has 3 aromatic heterocycles. The van der Waals surface area contributed by atoms with E-state index in [1.165, 1.54) is 12.1 Å². The fourth-order valence-electron chi connectivity index (χ4n) is 3.55. The Morgan fingerprint density at radius 1 is 0.585 bits per heavy atom. The number of hydrogen-bond acceptors (Lipinski definition) is 8. The van der Waals surface area contributed by atoms with Crippen molar-refractivity contribution in [2.45, 2.75) is 20.8 Å². The molecule has 0 amide bonds. The van der Waals surface area contributed by atoms with Crippen molar-refractivity contribution in [3.63, 3.8) is 0 Å². The summed E-state index contributed by atoms with van der Waals surface area (Å²) >= 11 is 5.47. The fourth-order valence-corrected chi connectivity index (χ4v) is 3.82. The smallest absolute Gasteiger partial charge is 0.306 e. The van der Waals surface area contributed by atoms with E-state index in [1.807, 2.05) is 86.6 Å². The molecule has 0 atom stereocenters. The molecule has 0 fully saturated rings. The van der Waals surface area contributed by atoms with Crippen LogP contribution in [0.5, 0.6) is 0 Å². The molecule has 10 nitrogen and oxygen atoms in total. The van der Waals surface area contributed by atoms with Crippen LogP contribution in [0.4, 0.5) is 17.1 Å². The zero-order chi connectivity index (χ0) is 29.9. The van der Waals surface area contributed by atoms with Crippen molar-refractivity contribution in [1.29, 1.82) is 0 Å². The van der Waals surface area contributed by atoms with Gasteiger partial charge in [0.1, 0.15) is 5.69 Å². The topological polar surface area (TPSA) is 151 Å². The Kier molecular flexibility index (Phi) is 10.5. The van der Waals surface area contributed by atoms with Crippen LogP contribution in [0.1, 0.15) is 17.1 Å². The molecule has 5 aromatic rings. The molecule has 3 heterocycles. The molecule has 0 unspecified atom stereocenters. The van der Waals surface area contributed by atoms with Gasteiger partial charge in [0.2, 0.25) is 5.15 Å². The number of anilines is 1. The molecule has 0 bridgehead atoms. The van der Waals surface area contributed by atoms with Crippen LogP contribution >= 0.6 is 11.6 Å². The van der Waals surface area contributed by atoms with E-state index in [2.05, 4.69) is 15.0 Å². The molecule has 5 rings (SSSR count). The number of nitro groups is 2. The largest absolute Gasteiger partial charge is 0.397 e. The SMILES string of the molecule is Cc1ccc(N)c(-c2ccccc2)n1.Cc1ccc([N+](=O)[O-])c(-c2ccccc2)n1.Cc1ccc([N+](=O)[O-])c(Cl)n1. The van der Waals surface area contributed by atoms with Crippen LogP contribution in [-0.4, -0.2) is 24.8 Å². The average Bonchev–Trinajstić information content (AvgIpc) is 2.95. The summed E-state index contributed by atoms with van der Waals surface area (Å²) in [5.74, 6) is 0. The summed E-state index contributed by atoms with van der Waals surface area (Å²) in [4.78, 5) is 32.5. The second-order valence-corrected chi connectivity index (χ2v) is 9.08. The number of halogens is 1. The zero-order valence-electron chi connectivity index (χ0n) is 22.6. The van der Waals surface area contributed by atoms with Gasteiger partial charge >= 0.3 is 5.69 Å². The first-order chi connectivity index (χ1) is 19.6. The summed E-state index contributed by atoms with van der Waals surface area (Å²) in [6, 6.07) is 29.0. The normalized spacial score (nSPS) is 9.95. The first kappa shape index (κ1) is 30.3. The summed E-state index contributed by atoms with van der Waals surface area (Å²) in [6.45, 7) is 5.50. The van der Waals surface area contributed by atoms with Crippen molar-refractivity contribution < 1.29 is 9.85 Å². The van der Waals surface area contributed by atoms with Gasteiger partial charge < -0.3 is 5.73 Å². The highest BCUT2D eigenvalue weighted by Crippen LogP contribution is 2.27. The van der Waals surface area contributed by atoms with Gasteiger partial charge in [-0.2, -0.15) is 0 Å². The monoisotopic (exact) mass is 570 g/mol. The minimum Gasteiger partial charge on any atom is -0.397 e. The third-order valence-electron chi connectivity index (χ3n) is 5.53. The van der Waals surface area contributed by atoms with Crippen LogP contribution in [0.15, 0.2) is 97.1 Å². The number of nitrogens with two attached hydrogens (primary N) is 1. The minimum atomic E-state index is -0.561. The maximum atomic E-state index is 10.9. The average molecular weight is 571 g/mol. The molecule has 41 heavy (non-hydrogen) atoms. The third-order valence-corrected chi connectivity index (χ3v) is 5.81. The van der Waals surface area contributed by atoms with E-state index in [1.54, 1.807) is 19.1 Å². The lowest BCUT2D eigenvalue weighted by Gasteiger charge is -2.05. The van der Waals surface area contributed by atoms with E-state index < -0.39 is 9.85 Å². The Bertz CT molecular complexity index is 1650. The van der Waals surface area contributed by atoms with Crippen LogP contribution in [0, 0.1) is 41.0 Å². The lowest BCUT2D eigenvalue weighted by molar-refractivity contribution is -0.385. The Hall–Kier alpha value is -5.22. The first-order valence-electron chi connectivity index (χ1n) is 12.3. The van der Waals surface area contributed by atoms with Crippen LogP contribution in [-0.2, 0) is 0 Å². The number of pyridine rings is 3. The van der Waals surface area contributed by atoms with Crippen molar-refractivity contribution in [2.75, 3.05) is 5.73 Å². The summed E-state index contributed by atoms with van der Waals surface area (Å²) in [6.07, 6.45) is 0. The van der Waals surface area contributed by atoms with Crippen LogP contribution in [0.25, 0.3) is 22.5 Å². The number of nitrogen functional groups attached to an aromatic ring is 1. The number of benzene rings is 2. The highest BCUT2D eigenvalue weighted by molar-refractivity contribution is 6.31. The molecule has 2 N–H and O–H groups in total. The number of rotatable bonds is 4. The summed E-state index contributed by atoms with van der Waals surface area (Å²) in [7, 11) is 0. The molecule has 0 saturated heterocycles. The molecular weight excluding hydrogens is 544 g/mol. The Morgan fingerprint density at radius 3 is 1.49 bits per heavy atom. The Morgan fingerprint density at radius 2 is 1.00 bits per heavy atom. The van der Waals surface area contributed by atoms with E-state index in [4.69, 9.17) is 17.3 Å². The van der Waals surface area contributed by atoms with Gasteiger partial charge in [-0.25, -0.2) is 9.97 Å². The van der Waals surface area contributed by atoms with Gasteiger partial charge in [0.15, 0.2) is 0 Å². The van der Waals surface area contributed by atoms with E-state index in [0.717, 1.165) is 33.9 Å². The van der Waals surface area contributed by atoms with Crippen LogP contribution in [0.3, 0.4) is 0 Å². The molecule has 0 spiro atoms. The standard InChI is InChI=1S/C12H10N2O2.C12H12N2.C6H5ClN2O2/c1-9-7-8-11(14(15)16)12(13-9)10-5-3-2-4-6-10;1-9-7-8-11(13)12(14-9)10-5-3-2-4-6-10;1-4-2-3-5(9(10)11)6(7)8-4/h2-8H,1H3;2-8H,13H2,1H3;2-3H,1H3. The predicted molar refractivity (Wildman–Crippen MR) is 161 cm³/mol. The molecule has 2 aromatic carbocycles. The van der Waals surface area contributed by atoms with Crippen molar-refractivity contribution in [1.82, 2.24) is 15.0 Å².